The number of carboxylic acids is 1. The SMILES string of the molecule is O=C(O)C1CCCCN1C(c1ccc(F)cc1)c1ccc(OCc2ccccc2)cc1. The van der Waals surface area contributed by atoms with E-state index >= 15 is 0 Å². The van der Waals surface area contributed by atoms with Crippen LogP contribution in [0.4, 0.5) is 4.39 Å². The van der Waals surface area contributed by atoms with E-state index < -0.39 is 12.0 Å². The smallest absolute Gasteiger partial charge is 0.320 e. The third-order valence-corrected chi connectivity index (χ3v) is 5.79. The highest BCUT2D eigenvalue weighted by Crippen LogP contribution is 2.35. The van der Waals surface area contributed by atoms with E-state index in [0.29, 0.717) is 19.6 Å². The number of ether oxygens (including phenoxy) is 1. The summed E-state index contributed by atoms with van der Waals surface area (Å²) >= 11 is 0. The first-order valence-electron chi connectivity index (χ1n) is 10.6. The molecule has 1 saturated heterocycles. The molecule has 0 amide bonds. The van der Waals surface area contributed by atoms with Gasteiger partial charge in [-0.05, 0) is 60.3 Å². The van der Waals surface area contributed by atoms with Crippen molar-refractivity contribution in [3.8, 4) is 5.75 Å². The number of rotatable bonds is 7. The van der Waals surface area contributed by atoms with Gasteiger partial charge in [-0.2, -0.15) is 0 Å². The molecule has 3 aromatic carbocycles. The zero-order valence-corrected chi connectivity index (χ0v) is 17.3. The molecule has 1 fully saturated rings. The van der Waals surface area contributed by atoms with Crippen molar-refractivity contribution in [3.63, 3.8) is 0 Å². The normalized spacial score (nSPS) is 17.8. The Morgan fingerprint density at radius 2 is 1.61 bits per heavy atom. The lowest BCUT2D eigenvalue weighted by Gasteiger charge is -2.39. The molecule has 2 unspecified atom stereocenters. The first kappa shape index (κ1) is 21.1. The summed E-state index contributed by atoms with van der Waals surface area (Å²) in [4.78, 5) is 14.0. The third-order valence-electron chi connectivity index (χ3n) is 5.79. The number of hydrogen-bond acceptors (Lipinski definition) is 3. The maximum absolute atomic E-state index is 13.6. The van der Waals surface area contributed by atoms with Gasteiger partial charge in [0.1, 0.15) is 24.2 Å². The Labute approximate surface area is 181 Å². The van der Waals surface area contributed by atoms with Crippen LogP contribution in [-0.4, -0.2) is 28.6 Å². The Morgan fingerprint density at radius 1 is 0.968 bits per heavy atom. The van der Waals surface area contributed by atoms with Crippen molar-refractivity contribution in [1.82, 2.24) is 4.90 Å². The molecule has 0 saturated carbocycles. The van der Waals surface area contributed by atoms with Crippen LogP contribution in [0, 0.1) is 5.82 Å². The highest BCUT2D eigenvalue weighted by molar-refractivity contribution is 5.73. The molecule has 0 aromatic heterocycles. The molecule has 1 N–H and O–H groups in total. The van der Waals surface area contributed by atoms with E-state index in [0.717, 1.165) is 35.3 Å². The number of piperidine rings is 1. The molecule has 1 aliphatic heterocycles. The van der Waals surface area contributed by atoms with Gasteiger partial charge in [-0.25, -0.2) is 4.39 Å². The van der Waals surface area contributed by atoms with Crippen LogP contribution in [0.1, 0.15) is 42.0 Å². The lowest BCUT2D eigenvalue weighted by atomic mass is 9.91. The first-order valence-corrected chi connectivity index (χ1v) is 10.6. The second-order valence-corrected chi connectivity index (χ2v) is 7.89. The van der Waals surface area contributed by atoms with Gasteiger partial charge in [0, 0.05) is 0 Å². The molecule has 160 valence electrons. The van der Waals surface area contributed by atoms with Gasteiger partial charge in [-0.15, -0.1) is 0 Å². The lowest BCUT2D eigenvalue weighted by Crippen LogP contribution is -2.46. The van der Waals surface area contributed by atoms with Crippen molar-refractivity contribution in [2.75, 3.05) is 6.54 Å². The van der Waals surface area contributed by atoms with Gasteiger partial charge in [-0.3, -0.25) is 9.69 Å². The molecule has 0 radical (unpaired) electrons. The van der Waals surface area contributed by atoms with Gasteiger partial charge in [0.15, 0.2) is 0 Å². The standard InChI is InChI=1S/C26H26FNO3/c27-22-13-9-20(10-14-22)25(28-17-5-4-8-24(28)26(29)30)21-11-15-23(16-12-21)31-18-19-6-2-1-3-7-19/h1-3,6-7,9-16,24-25H,4-5,8,17-18H2,(H,29,30). The minimum absolute atomic E-state index is 0.259. The van der Waals surface area contributed by atoms with Gasteiger partial charge < -0.3 is 9.84 Å². The number of benzene rings is 3. The Balaban J connectivity index is 1.60. The van der Waals surface area contributed by atoms with Gasteiger partial charge in [0.25, 0.3) is 0 Å². The number of nitrogens with zero attached hydrogens (tertiary/aromatic N) is 1. The summed E-state index contributed by atoms with van der Waals surface area (Å²) in [6.45, 7) is 1.17. The zero-order chi connectivity index (χ0) is 21.6. The van der Waals surface area contributed by atoms with E-state index in [1.54, 1.807) is 12.1 Å². The maximum atomic E-state index is 13.6. The largest absolute Gasteiger partial charge is 0.489 e. The number of aliphatic carboxylic acids is 1. The molecule has 0 aliphatic carbocycles. The molecule has 5 heteroatoms. The highest BCUT2D eigenvalue weighted by Gasteiger charge is 2.35. The van der Waals surface area contributed by atoms with Crippen molar-refractivity contribution in [3.05, 3.63) is 101 Å². The van der Waals surface area contributed by atoms with Crippen molar-refractivity contribution in [2.45, 2.75) is 38.0 Å². The summed E-state index contributed by atoms with van der Waals surface area (Å²) in [7, 11) is 0. The van der Waals surface area contributed by atoms with E-state index in [1.807, 2.05) is 59.5 Å². The summed E-state index contributed by atoms with van der Waals surface area (Å²) in [6, 6.07) is 23.3. The van der Waals surface area contributed by atoms with Crippen LogP contribution in [0.25, 0.3) is 0 Å². The Kier molecular flexibility index (Phi) is 6.63. The van der Waals surface area contributed by atoms with E-state index in [9.17, 15) is 14.3 Å². The molecule has 31 heavy (non-hydrogen) atoms. The van der Waals surface area contributed by atoms with Crippen molar-refractivity contribution in [1.29, 1.82) is 0 Å². The fourth-order valence-electron chi connectivity index (χ4n) is 4.24. The van der Waals surface area contributed by atoms with Crippen LogP contribution in [0.2, 0.25) is 0 Å². The second-order valence-electron chi connectivity index (χ2n) is 7.89. The quantitative estimate of drug-likeness (QED) is 0.555. The number of likely N-dealkylation sites (tertiary alicyclic amines) is 1. The van der Waals surface area contributed by atoms with Crippen LogP contribution in [0.5, 0.6) is 5.75 Å². The summed E-state index contributed by atoms with van der Waals surface area (Å²) in [6.07, 6.45) is 2.46. The van der Waals surface area contributed by atoms with Gasteiger partial charge >= 0.3 is 5.97 Å². The van der Waals surface area contributed by atoms with Gasteiger partial charge in [0.05, 0.1) is 6.04 Å². The Morgan fingerprint density at radius 3 is 2.26 bits per heavy atom. The van der Waals surface area contributed by atoms with Crippen molar-refractivity contribution in [2.24, 2.45) is 0 Å². The van der Waals surface area contributed by atoms with Crippen molar-refractivity contribution < 1.29 is 19.0 Å². The maximum Gasteiger partial charge on any atom is 0.320 e. The average Bonchev–Trinajstić information content (AvgIpc) is 2.81. The average molecular weight is 419 g/mol. The topological polar surface area (TPSA) is 49.8 Å². The number of carboxylic acid groups (broad SMARTS) is 1. The minimum atomic E-state index is -0.811. The molecule has 2 atom stereocenters. The third kappa shape index (κ3) is 5.12. The lowest BCUT2D eigenvalue weighted by molar-refractivity contribution is -0.145. The first-order chi connectivity index (χ1) is 15.1. The molecule has 3 aromatic rings. The van der Waals surface area contributed by atoms with Crippen LogP contribution >= 0.6 is 0 Å². The molecule has 0 spiro atoms. The van der Waals surface area contributed by atoms with Crippen LogP contribution < -0.4 is 4.74 Å². The van der Waals surface area contributed by atoms with E-state index in [1.165, 1.54) is 12.1 Å². The van der Waals surface area contributed by atoms with E-state index in [2.05, 4.69) is 0 Å². The molecular formula is C26H26FNO3. The monoisotopic (exact) mass is 419 g/mol. The zero-order valence-electron chi connectivity index (χ0n) is 17.3. The highest BCUT2D eigenvalue weighted by atomic mass is 19.1. The van der Waals surface area contributed by atoms with Crippen LogP contribution in [0.3, 0.4) is 0 Å². The Hall–Kier alpha value is -3.18. The Bertz CT molecular complexity index is 989. The van der Waals surface area contributed by atoms with Crippen LogP contribution in [0.15, 0.2) is 78.9 Å². The van der Waals surface area contributed by atoms with Crippen LogP contribution in [-0.2, 0) is 11.4 Å². The van der Waals surface area contributed by atoms with E-state index in [4.69, 9.17) is 4.74 Å². The number of halogens is 1. The van der Waals surface area contributed by atoms with Gasteiger partial charge in [0.2, 0.25) is 0 Å². The summed E-state index contributed by atoms with van der Waals surface area (Å²) in [5.41, 5.74) is 2.94. The van der Waals surface area contributed by atoms with E-state index in [-0.39, 0.29) is 11.9 Å². The summed E-state index contributed by atoms with van der Waals surface area (Å²) in [5, 5.41) is 9.80. The van der Waals surface area contributed by atoms with Gasteiger partial charge in [-0.1, -0.05) is 61.0 Å². The number of carbonyl (C=O) groups is 1. The molecule has 1 aliphatic rings. The molecule has 0 bridgehead atoms. The predicted molar refractivity (Wildman–Crippen MR) is 117 cm³/mol. The number of hydrogen-bond donors (Lipinski definition) is 1. The fraction of sp³-hybridized carbons (Fsp3) is 0.269. The second kappa shape index (κ2) is 9.75. The predicted octanol–water partition coefficient (Wildman–Crippen LogP) is 5.43. The molecular weight excluding hydrogens is 393 g/mol. The molecule has 4 rings (SSSR count). The van der Waals surface area contributed by atoms with Crippen molar-refractivity contribution >= 4 is 5.97 Å². The molecule has 4 nitrogen and oxygen atoms in total. The minimum Gasteiger partial charge on any atom is -0.489 e. The summed E-state index contributed by atoms with van der Waals surface area (Å²) in [5.74, 6) is -0.367. The summed E-state index contributed by atoms with van der Waals surface area (Å²) < 4.78 is 19.4. The molecule has 1 heterocycles. The fourth-order valence-corrected chi connectivity index (χ4v) is 4.24.